The van der Waals surface area contributed by atoms with Gasteiger partial charge in [0.05, 0.1) is 6.54 Å². The van der Waals surface area contributed by atoms with Gasteiger partial charge in [-0.1, -0.05) is 25.7 Å². The third kappa shape index (κ3) is 3.32. The lowest BCUT2D eigenvalue weighted by Gasteiger charge is -2.27. The molecule has 14 heavy (non-hydrogen) atoms. The predicted molar refractivity (Wildman–Crippen MR) is 61.0 cm³/mol. The summed E-state index contributed by atoms with van der Waals surface area (Å²) in [5.41, 5.74) is 6.39. The van der Waals surface area contributed by atoms with Gasteiger partial charge in [0.1, 0.15) is 0 Å². The van der Waals surface area contributed by atoms with Crippen LogP contribution in [0.25, 0.3) is 0 Å². The second kappa shape index (κ2) is 5.38. The van der Waals surface area contributed by atoms with E-state index in [4.69, 9.17) is 12.2 Å². The smallest absolute Gasteiger partial charge is 0.0598 e. The molecule has 0 heterocycles. The molecule has 0 bridgehead atoms. The molecule has 2 nitrogen and oxygen atoms in total. The first kappa shape index (κ1) is 11.6. The van der Waals surface area contributed by atoms with Crippen molar-refractivity contribution in [1.29, 1.82) is 0 Å². The number of nitrogens with zero attached hydrogens (tertiary/aromatic N) is 1. The average molecular weight is 194 g/mol. The largest absolute Gasteiger partial charge is 0.325 e. The van der Waals surface area contributed by atoms with Crippen molar-refractivity contribution in [2.24, 2.45) is 5.73 Å². The van der Waals surface area contributed by atoms with Crippen LogP contribution in [0.5, 0.6) is 0 Å². The molecule has 1 saturated carbocycles. The Bertz CT molecular complexity index is 199. The second-order valence-electron chi connectivity index (χ2n) is 4.39. The van der Waals surface area contributed by atoms with Crippen molar-refractivity contribution in [3.63, 3.8) is 0 Å². The summed E-state index contributed by atoms with van der Waals surface area (Å²) >= 11 is 0. The molecule has 0 amide bonds. The normalized spacial score (nSPS) is 19.9. The highest BCUT2D eigenvalue weighted by Gasteiger charge is 2.28. The fourth-order valence-corrected chi connectivity index (χ4v) is 2.19. The lowest BCUT2D eigenvalue weighted by atomic mass is 9.94. The third-order valence-corrected chi connectivity index (χ3v) is 3.29. The van der Waals surface area contributed by atoms with E-state index in [-0.39, 0.29) is 5.54 Å². The molecular weight excluding hydrogens is 172 g/mol. The van der Waals surface area contributed by atoms with E-state index in [1.54, 1.807) is 0 Å². The van der Waals surface area contributed by atoms with Gasteiger partial charge in [0.2, 0.25) is 0 Å². The Kier molecular flexibility index (Phi) is 4.44. The van der Waals surface area contributed by atoms with E-state index >= 15 is 0 Å². The fourth-order valence-electron chi connectivity index (χ4n) is 2.19. The highest BCUT2D eigenvalue weighted by atomic mass is 15.1. The Morgan fingerprint density at radius 3 is 2.57 bits per heavy atom. The third-order valence-electron chi connectivity index (χ3n) is 3.29. The molecule has 1 aliphatic rings. The number of hydrogen-bond donors (Lipinski definition) is 1. The molecule has 80 valence electrons. The summed E-state index contributed by atoms with van der Waals surface area (Å²) in [4.78, 5) is 2.28. The maximum atomic E-state index is 6.28. The van der Waals surface area contributed by atoms with Crippen molar-refractivity contribution in [1.82, 2.24) is 4.90 Å². The number of rotatable bonds is 5. The van der Waals surface area contributed by atoms with Crippen molar-refractivity contribution in [3.05, 3.63) is 0 Å². The zero-order chi connectivity index (χ0) is 10.4. The van der Waals surface area contributed by atoms with Crippen LogP contribution in [0.4, 0.5) is 0 Å². The quantitative estimate of drug-likeness (QED) is 0.674. The van der Waals surface area contributed by atoms with Crippen LogP contribution < -0.4 is 5.73 Å². The van der Waals surface area contributed by atoms with Crippen LogP contribution in [0.2, 0.25) is 0 Å². The average Bonchev–Trinajstić information content (AvgIpc) is 2.60. The summed E-state index contributed by atoms with van der Waals surface area (Å²) in [6.07, 6.45) is 11.4. The van der Waals surface area contributed by atoms with E-state index in [0.717, 1.165) is 26.1 Å². The predicted octanol–water partition coefficient (Wildman–Crippen LogP) is 1.60. The molecule has 2 N–H and O–H groups in total. The molecule has 0 saturated heterocycles. The first-order chi connectivity index (χ1) is 6.70. The van der Waals surface area contributed by atoms with E-state index in [1.807, 2.05) is 0 Å². The summed E-state index contributed by atoms with van der Waals surface area (Å²) in [5, 5.41) is 0. The Labute approximate surface area is 87.8 Å². The minimum Gasteiger partial charge on any atom is -0.325 e. The van der Waals surface area contributed by atoms with Gasteiger partial charge in [-0.25, -0.2) is 0 Å². The summed E-state index contributed by atoms with van der Waals surface area (Å²) in [5.74, 6) is 2.69. The molecule has 0 aromatic carbocycles. The molecule has 0 aliphatic heterocycles. The number of terminal acetylenes is 1. The highest BCUT2D eigenvalue weighted by Crippen LogP contribution is 2.29. The Morgan fingerprint density at radius 2 is 2.07 bits per heavy atom. The van der Waals surface area contributed by atoms with Crippen LogP contribution >= 0.6 is 0 Å². The minimum absolute atomic E-state index is 0.113. The van der Waals surface area contributed by atoms with Crippen LogP contribution in [0.3, 0.4) is 0 Å². The first-order valence-corrected chi connectivity index (χ1v) is 5.65. The van der Waals surface area contributed by atoms with Crippen molar-refractivity contribution in [2.75, 3.05) is 19.6 Å². The lowest BCUT2D eigenvalue weighted by molar-refractivity contribution is 0.272. The highest BCUT2D eigenvalue weighted by molar-refractivity contribution is 4.92. The van der Waals surface area contributed by atoms with Gasteiger partial charge in [0.15, 0.2) is 0 Å². The summed E-state index contributed by atoms with van der Waals surface area (Å²) in [6.45, 7) is 4.99. The maximum absolute atomic E-state index is 6.28. The van der Waals surface area contributed by atoms with Gasteiger partial charge in [-0.3, -0.25) is 4.90 Å². The number of nitrogens with two attached hydrogens (primary N) is 1. The van der Waals surface area contributed by atoms with E-state index in [2.05, 4.69) is 17.7 Å². The van der Waals surface area contributed by atoms with Gasteiger partial charge >= 0.3 is 0 Å². The minimum atomic E-state index is 0.113. The molecule has 0 aromatic heterocycles. The molecule has 0 aromatic rings. The van der Waals surface area contributed by atoms with Crippen LogP contribution in [0, 0.1) is 12.3 Å². The molecule has 2 heteroatoms. The molecule has 1 fully saturated rings. The van der Waals surface area contributed by atoms with Crippen LogP contribution in [-0.2, 0) is 0 Å². The summed E-state index contributed by atoms with van der Waals surface area (Å²) < 4.78 is 0. The van der Waals surface area contributed by atoms with E-state index in [0.29, 0.717) is 0 Å². The standard InChI is InChI=1S/C12H22N2/c1-3-10-14(4-2)11-9-12(13)7-5-6-8-12/h1H,4-11,13H2,2H3. The first-order valence-electron chi connectivity index (χ1n) is 5.65. The molecular formula is C12H22N2. The van der Waals surface area contributed by atoms with Crippen LogP contribution in [-0.4, -0.2) is 30.1 Å². The van der Waals surface area contributed by atoms with Crippen molar-refractivity contribution >= 4 is 0 Å². The number of hydrogen-bond acceptors (Lipinski definition) is 2. The SMILES string of the molecule is C#CCN(CC)CCC1(N)CCCC1. The van der Waals surface area contributed by atoms with Crippen molar-refractivity contribution < 1.29 is 0 Å². The van der Waals surface area contributed by atoms with Gasteiger partial charge in [-0.2, -0.15) is 0 Å². The molecule has 0 atom stereocenters. The van der Waals surface area contributed by atoms with Crippen molar-refractivity contribution in [2.45, 2.75) is 44.6 Å². The Hall–Kier alpha value is -0.520. The van der Waals surface area contributed by atoms with Gasteiger partial charge < -0.3 is 5.73 Å². The van der Waals surface area contributed by atoms with E-state index in [9.17, 15) is 0 Å². The molecule has 0 radical (unpaired) electrons. The van der Waals surface area contributed by atoms with Gasteiger partial charge in [-0.05, 0) is 25.8 Å². The molecule has 1 aliphatic carbocycles. The zero-order valence-electron chi connectivity index (χ0n) is 9.26. The topological polar surface area (TPSA) is 29.3 Å². The van der Waals surface area contributed by atoms with Gasteiger partial charge in [0.25, 0.3) is 0 Å². The monoisotopic (exact) mass is 194 g/mol. The van der Waals surface area contributed by atoms with Crippen LogP contribution in [0.1, 0.15) is 39.0 Å². The van der Waals surface area contributed by atoms with E-state index < -0.39 is 0 Å². The molecule has 0 unspecified atom stereocenters. The lowest BCUT2D eigenvalue weighted by Crippen LogP contribution is -2.40. The van der Waals surface area contributed by atoms with E-state index in [1.165, 1.54) is 25.7 Å². The van der Waals surface area contributed by atoms with Crippen LogP contribution in [0.15, 0.2) is 0 Å². The Morgan fingerprint density at radius 1 is 1.43 bits per heavy atom. The van der Waals surface area contributed by atoms with Crippen molar-refractivity contribution in [3.8, 4) is 12.3 Å². The fraction of sp³-hybridized carbons (Fsp3) is 0.833. The zero-order valence-corrected chi connectivity index (χ0v) is 9.26. The molecule has 0 spiro atoms. The maximum Gasteiger partial charge on any atom is 0.0598 e. The summed E-state index contributed by atoms with van der Waals surface area (Å²) in [6, 6.07) is 0. The van der Waals surface area contributed by atoms with Gasteiger partial charge in [-0.15, -0.1) is 6.42 Å². The summed E-state index contributed by atoms with van der Waals surface area (Å²) in [7, 11) is 0. The Balaban J connectivity index is 2.27. The second-order valence-corrected chi connectivity index (χ2v) is 4.39. The van der Waals surface area contributed by atoms with Gasteiger partial charge in [0, 0.05) is 12.1 Å². The molecule has 1 rings (SSSR count).